The number of thiazole rings is 1. The number of hydrogen-bond donors (Lipinski definition) is 0. The lowest BCUT2D eigenvalue weighted by atomic mass is 10.0. The van der Waals surface area contributed by atoms with E-state index in [9.17, 15) is 8.42 Å². The van der Waals surface area contributed by atoms with Crippen LogP contribution in [0.3, 0.4) is 0 Å². The third-order valence-electron chi connectivity index (χ3n) is 5.90. The number of piperidine rings is 1. The van der Waals surface area contributed by atoms with Crippen LogP contribution >= 0.6 is 11.3 Å². The van der Waals surface area contributed by atoms with Crippen LogP contribution in [0.15, 0.2) is 76.5 Å². The Hall–Kier alpha value is -2.48. The SMILES string of the molecule is C=CCn1c(-c2ccc(S(=O)(=O)N3CCC(C)CC3)cc2)csc1=Nc1ccc(C)cc1. The van der Waals surface area contributed by atoms with E-state index in [4.69, 9.17) is 4.99 Å². The van der Waals surface area contributed by atoms with Crippen LogP contribution in [0.1, 0.15) is 25.3 Å². The molecule has 1 aromatic heterocycles. The Kier molecular flexibility index (Phi) is 6.79. The Morgan fingerprint density at radius 1 is 1.09 bits per heavy atom. The molecule has 0 unspecified atom stereocenters. The molecule has 0 bridgehead atoms. The molecule has 1 fully saturated rings. The van der Waals surface area contributed by atoms with Gasteiger partial charge >= 0.3 is 0 Å². The molecule has 0 spiro atoms. The van der Waals surface area contributed by atoms with Gasteiger partial charge in [0.1, 0.15) is 0 Å². The molecule has 0 aliphatic carbocycles. The summed E-state index contributed by atoms with van der Waals surface area (Å²) in [6.45, 7) is 9.94. The van der Waals surface area contributed by atoms with Crippen molar-refractivity contribution in [2.24, 2.45) is 10.9 Å². The van der Waals surface area contributed by atoms with E-state index >= 15 is 0 Å². The highest BCUT2D eigenvalue weighted by molar-refractivity contribution is 7.89. The molecule has 0 atom stereocenters. The van der Waals surface area contributed by atoms with Gasteiger partial charge in [0.25, 0.3) is 0 Å². The van der Waals surface area contributed by atoms with Crippen molar-refractivity contribution in [1.29, 1.82) is 0 Å². The van der Waals surface area contributed by atoms with Gasteiger partial charge in [-0.15, -0.1) is 17.9 Å². The van der Waals surface area contributed by atoms with Crippen LogP contribution in [0.5, 0.6) is 0 Å². The zero-order valence-corrected chi connectivity index (χ0v) is 20.2. The van der Waals surface area contributed by atoms with Crippen LogP contribution in [-0.4, -0.2) is 30.4 Å². The van der Waals surface area contributed by atoms with Gasteiger partial charge in [-0.25, -0.2) is 13.4 Å². The summed E-state index contributed by atoms with van der Waals surface area (Å²) in [4.78, 5) is 6.03. The lowest BCUT2D eigenvalue weighted by Crippen LogP contribution is -2.37. The highest BCUT2D eigenvalue weighted by atomic mass is 32.2. The van der Waals surface area contributed by atoms with Crippen molar-refractivity contribution in [3.05, 3.63) is 76.9 Å². The molecule has 1 saturated heterocycles. The van der Waals surface area contributed by atoms with Crippen LogP contribution in [0.25, 0.3) is 11.3 Å². The summed E-state index contributed by atoms with van der Waals surface area (Å²) in [7, 11) is -3.45. The predicted octanol–water partition coefficient (Wildman–Crippen LogP) is 5.36. The average Bonchev–Trinajstić information content (AvgIpc) is 3.18. The maximum Gasteiger partial charge on any atom is 0.243 e. The summed E-state index contributed by atoms with van der Waals surface area (Å²) in [6, 6.07) is 15.3. The fraction of sp³-hybridized carbons (Fsp3) is 0.320. The number of hydrogen-bond acceptors (Lipinski definition) is 4. The molecule has 1 aliphatic rings. The van der Waals surface area contributed by atoms with E-state index in [1.54, 1.807) is 27.8 Å². The first kappa shape index (κ1) is 22.7. The smallest absolute Gasteiger partial charge is 0.243 e. The molecular formula is C25H29N3O2S2. The van der Waals surface area contributed by atoms with E-state index < -0.39 is 10.0 Å². The fourth-order valence-electron chi connectivity index (χ4n) is 3.86. The number of aryl methyl sites for hydroxylation is 1. The number of sulfonamides is 1. The lowest BCUT2D eigenvalue weighted by molar-refractivity contribution is 0.288. The molecule has 0 N–H and O–H groups in total. The van der Waals surface area contributed by atoms with E-state index in [2.05, 4.69) is 30.4 Å². The third kappa shape index (κ3) is 4.80. The zero-order chi connectivity index (χ0) is 22.7. The van der Waals surface area contributed by atoms with Gasteiger partial charge in [0, 0.05) is 25.0 Å². The monoisotopic (exact) mass is 467 g/mol. The molecule has 1 aliphatic heterocycles. The molecule has 2 heterocycles. The second-order valence-electron chi connectivity index (χ2n) is 8.36. The van der Waals surface area contributed by atoms with Gasteiger partial charge in [0.05, 0.1) is 16.3 Å². The minimum atomic E-state index is -3.45. The van der Waals surface area contributed by atoms with E-state index in [0.717, 1.165) is 34.6 Å². The highest BCUT2D eigenvalue weighted by Gasteiger charge is 2.28. The number of rotatable bonds is 6. The molecular weight excluding hydrogens is 438 g/mol. The summed E-state index contributed by atoms with van der Waals surface area (Å²) in [5.74, 6) is 0.585. The van der Waals surface area contributed by atoms with Gasteiger partial charge in [-0.2, -0.15) is 4.31 Å². The summed E-state index contributed by atoms with van der Waals surface area (Å²) >= 11 is 1.56. The van der Waals surface area contributed by atoms with E-state index in [1.807, 2.05) is 42.5 Å². The topological polar surface area (TPSA) is 54.7 Å². The first-order chi connectivity index (χ1) is 15.4. The van der Waals surface area contributed by atoms with E-state index in [0.29, 0.717) is 30.4 Å². The number of nitrogens with zero attached hydrogens (tertiary/aromatic N) is 3. The first-order valence-electron chi connectivity index (χ1n) is 10.9. The van der Waals surface area contributed by atoms with E-state index in [-0.39, 0.29) is 0 Å². The maximum absolute atomic E-state index is 13.0. The zero-order valence-electron chi connectivity index (χ0n) is 18.6. The van der Waals surface area contributed by atoms with Crippen molar-refractivity contribution in [2.75, 3.05) is 13.1 Å². The van der Waals surface area contributed by atoms with Gasteiger partial charge in [0.2, 0.25) is 10.0 Å². The molecule has 4 rings (SSSR count). The van der Waals surface area contributed by atoms with Crippen molar-refractivity contribution < 1.29 is 8.42 Å². The summed E-state index contributed by atoms with van der Waals surface area (Å²) in [6.07, 6.45) is 3.68. The fourth-order valence-corrected chi connectivity index (χ4v) is 6.26. The first-order valence-corrected chi connectivity index (χ1v) is 13.2. The number of benzene rings is 2. The summed E-state index contributed by atoms with van der Waals surface area (Å²) in [5, 5.41) is 2.06. The largest absolute Gasteiger partial charge is 0.313 e. The minimum Gasteiger partial charge on any atom is -0.313 e. The molecule has 168 valence electrons. The van der Waals surface area contributed by atoms with Crippen LogP contribution in [0.2, 0.25) is 0 Å². The minimum absolute atomic E-state index is 0.353. The molecule has 3 aromatic rings. The van der Waals surface area contributed by atoms with Gasteiger partial charge in [-0.1, -0.05) is 42.8 Å². The maximum atomic E-state index is 13.0. The molecule has 5 nitrogen and oxygen atoms in total. The van der Waals surface area contributed by atoms with E-state index in [1.165, 1.54) is 5.56 Å². The molecule has 0 amide bonds. The van der Waals surface area contributed by atoms with Crippen LogP contribution in [0.4, 0.5) is 5.69 Å². The van der Waals surface area contributed by atoms with Gasteiger partial charge in [-0.3, -0.25) is 0 Å². The molecule has 32 heavy (non-hydrogen) atoms. The van der Waals surface area contributed by atoms with Crippen molar-refractivity contribution in [1.82, 2.24) is 8.87 Å². The van der Waals surface area contributed by atoms with Crippen molar-refractivity contribution in [3.8, 4) is 11.3 Å². The van der Waals surface area contributed by atoms with Crippen molar-refractivity contribution in [3.63, 3.8) is 0 Å². The van der Waals surface area contributed by atoms with Crippen molar-refractivity contribution >= 4 is 27.0 Å². The Balaban J connectivity index is 1.65. The van der Waals surface area contributed by atoms with Gasteiger partial charge in [0.15, 0.2) is 4.80 Å². The number of allylic oxidation sites excluding steroid dienone is 1. The molecule has 7 heteroatoms. The van der Waals surface area contributed by atoms with Gasteiger partial charge in [-0.05, 0) is 55.5 Å². The lowest BCUT2D eigenvalue weighted by Gasteiger charge is -2.29. The highest BCUT2D eigenvalue weighted by Crippen LogP contribution is 2.27. The van der Waals surface area contributed by atoms with Crippen LogP contribution < -0.4 is 4.80 Å². The van der Waals surface area contributed by atoms with Gasteiger partial charge < -0.3 is 4.57 Å². The number of aromatic nitrogens is 1. The third-order valence-corrected chi connectivity index (χ3v) is 8.67. The summed E-state index contributed by atoms with van der Waals surface area (Å²) in [5.41, 5.74) is 4.05. The Labute approximate surface area is 194 Å². The molecule has 2 aromatic carbocycles. The standard InChI is InChI=1S/C25H29N3O2S2/c1-4-15-28-24(18-31-25(28)26-22-9-5-19(2)6-10-22)21-7-11-23(12-8-21)32(29,30)27-16-13-20(3)14-17-27/h4-12,18,20H,1,13-17H2,2-3H3. The Bertz CT molecular complexity index is 1250. The predicted molar refractivity (Wildman–Crippen MR) is 132 cm³/mol. The Morgan fingerprint density at radius 3 is 2.38 bits per heavy atom. The van der Waals surface area contributed by atoms with Crippen LogP contribution in [-0.2, 0) is 16.6 Å². The second kappa shape index (κ2) is 9.57. The van der Waals surface area contributed by atoms with Crippen molar-refractivity contribution in [2.45, 2.75) is 38.1 Å². The quantitative estimate of drug-likeness (QED) is 0.458. The molecule has 0 radical (unpaired) electrons. The average molecular weight is 468 g/mol. The Morgan fingerprint density at radius 2 is 1.75 bits per heavy atom. The normalized spacial score (nSPS) is 16.4. The summed E-state index contributed by atoms with van der Waals surface area (Å²) < 4.78 is 29.8. The molecule has 0 saturated carbocycles. The van der Waals surface area contributed by atoms with Crippen LogP contribution in [0, 0.1) is 12.8 Å². The second-order valence-corrected chi connectivity index (χ2v) is 11.1.